The van der Waals surface area contributed by atoms with Gasteiger partial charge in [0, 0.05) is 30.4 Å². The highest BCUT2D eigenvalue weighted by atomic mass is 32.2. The largest absolute Gasteiger partial charge is 0.309 e. The molecule has 0 atom stereocenters. The fourth-order valence-electron chi connectivity index (χ4n) is 1.86. The van der Waals surface area contributed by atoms with Crippen LogP contribution in [0.2, 0.25) is 0 Å². The SMILES string of the molecule is O=S(=O)(NCCc1ncn[nH]1)c1ccc(CNC2CC2)s1. The first-order chi connectivity index (χ1) is 10.1. The van der Waals surface area contributed by atoms with Gasteiger partial charge in [0.1, 0.15) is 16.4 Å². The third-order valence-corrected chi connectivity index (χ3v) is 6.20. The fourth-order valence-corrected chi connectivity index (χ4v) is 4.24. The number of aromatic nitrogens is 3. The molecular formula is C12H17N5O2S2. The van der Waals surface area contributed by atoms with Crippen LogP contribution in [0.4, 0.5) is 0 Å². The van der Waals surface area contributed by atoms with Gasteiger partial charge in [-0.1, -0.05) is 0 Å². The molecule has 1 aliphatic carbocycles. The molecule has 2 aromatic heterocycles. The van der Waals surface area contributed by atoms with E-state index in [-0.39, 0.29) is 0 Å². The van der Waals surface area contributed by atoms with E-state index in [1.807, 2.05) is 6.07 Å². The Hall–Kier alpha value is -1.29. The molecule has 1 saturated carbocycles. The van der Waals surface area contributed by atoms with Crippen molar-refractivity contribution in [2.75, 3.05) is 6.54 Å². The first-order valence-corrected chi connectivity index (χ1v) is 9.09. The molecular weight excluding hydrogens is 310 g/mol. The molecule has 2 aromatic rings. The van der Waals surface area contributed by atoms with Gasteiger partial charge in [0.25, 0.3) is 0 Å². The van der Waals surface area contributed by atoms with E-state index in [4.69, 9.17) is 0 Å². The highest BCUT2D eigenvalue weighted by Gasteiger charge is 2.21. The predicted molar refractivity (Wildman–Crippen MR) is 79.5 cm³/mol. The molecule has 7 nitrogen and oxygen atoms in total. The van der Waals surface area contributed by atoms with Crippen LogP contribution in [0, 0.1) is 0 Å². The van der Waals surface area contributed by atoms with Gasteiger partial charge in [-0.3, -0.25) is 5.10 Å². The van der Waals surface area contributed by atoms with Crippen molar-refractivity contribution >= 4 is 21.4 Å². The molecule has 9 heteroatoms. The van der Waals surface area contributed by atoms with Crippen LogP contribution in [0.1, 0.15) is 23.5 Å². The van der Waals surface area contributed by atoms with Gasteiger partial charge >= 0.3 is 0 Å². The highest BCUT2D eigenvalue weighted by molar-refractivity contribution is 7.91. The van der Waals surface area contributed by atoms with Gasteiger partial charge in [0.05, 0.1) is 0 Å². The van der Waals surface area contributed by atoms with Gasteiger partial charge in [-0.25, -0.2) is 18.1 Å². The predicted octanol–water partition coefficient (Wildman–Crippen LogP) is 0.639. The Kier molecular flexibility index (Phi) is 4.34. The number of hydrogen-bond donors (Lipinski definition) is 3. The maximum absolute atomic E-state index is 12.2. The number of nitrogens with zero attached hydrogens (tertiary/aromatic N) is 2. The molecule has 0 unspecified atom stereocenters. The Morgan fingerprint density at radius 2 is 2.24 bits per heavy atom. The van der Waals surface area contributed by atoms with Crippen molar-refractivity contribution in [1.82, 2.24) is 25.2 Å². The lowest BCUT2D eigenvalue weighted by Crippen LogP contribution is -2.25. The van der Waals surface area contributed by atoms with Gasteiger partial charge in [0.2, 0.25) is 10.0 Å². The number of nitrogens with one attached hydrogen (secondary N) is 3. The molecule has 0 bridgehead atoms. The molecule has 1 fully saturated rings. The lowest BCUT2D eigenvalue weighted by molar-refractivity contribution is 0.583. The quantitative estimate of drug-likeness (QED) is 0.661. The summed E-state index contributed by atoms with van der Waals surface area (Å²) in [6.07, 6.45) is 4.34. The number of thiophene rings is 1. The molecule has 21 heavy (non-hydrogen) atoms. The number of rotatable bonds is 8. The van der Waals surface area contributed by atoms with E-state index in [0.29, 0.717) is 29.0 Å². The van der Waals surface area contributed by atoms with Crippen molar-refractivity contribution in [3.8, 4) is 0 Å². The van der Waals surface area contributed by atoms with Gasteiger partial charge in [-0.05, 0) is 25.0 Å². The van der Waals surface area contributed by atoms with Crippen LogP contribution in [0.5, 0.6) is 0 Å². The van der Waals surface area contributed by atoms with E-state index in [9.17, 15) is 8.42 Å². The van der Waals surface area contributed by atoms with E-state index in [0.717, 1.165) is 11.4 Å². The van der Waals surface area contributed by atoms with Gasteiger partial charge in [0.15, 0.2) is 0 Å². The second-order valence-electron chi connectivity index (χ2n) is 4.96. The molecule has 0 saturated heterocycles. The summed E-state index contributed by atoms with van der Waals surface area (Å²) < 4.78 is 27.2. The summed E-state index contributed by atoms with van der Waals surface area (Å²) in [6, 6.07) is 4.14. The number of H-pyrrole nitrogens is 1. The molecule has 3 N–H and O–H groups in total. The Morgan fingerprint density at radius 3 is 2.95 bits per heavy atom. The van der Waals surface area contributed by atoms with Crippen molar-refractivity contribution < 1.29 is 8.42 Å². The zero-order valence-electron chi connectivity index (χ0n) is 11.4. The van der Waals surface area contributed by atoms with Gasteiger partial charge in [-0.2, -0.15) is 5.10 Å². The van der Waals surface area contributed by atoms with Crippen molar-refractivity contribution in [3.05, 3.63) is 29.2 Å². The summed E-state index contributed by atoms with van der Waals surface area (Å²) in [6.45, 7) is 1.04. The molecule has 3 rings (SSSR count). The third-order valence-electron chi connectivity index (χ3n) is 3.16. The second kappa shape index (κ2) is 6.22. The van der Waals surface area contributed by atoms with Crippen LogP contribution in [-0.4, -0.2) is 36.2 Å². The number of sulfonamides is 1. The van der Waals surface area contributed by atoms with E-state index in [1.165, 1.54) is 30.5 Å². The summed E-state index contributed by atoms with van der Waals surface area (Å²) in [5.74, 6) is 0.665. The third kappa shape index (κ3) is 4.10. The summed E-state index contributed by atoms with van der Waals surface area (Å²) in [5, 5.41) is 9.79. The molecule has 0 radical (unpaired) electrons. The maximum atomic E-state index is 12.2. The maximum Gasteiger partial charge on any atom is 0.250 e. The van der Waals surface area contributed by atoms with Crippen molar-refractivity contribution in [1.29, 1.82) is 0 Å². The van der Waals surface area contributed by atoms with Crippen LogP contribution in [0.15, 0.2) is 22.7 Å². The van der Waals surface area contributed by atoms with Crippen LogP contribution < -0.4 is 10.0 Å². The molecule has 114 valence electrons. The Labute approximate surface area is 127 Å². The highest BCUT2D eigenvalue weighted by Crippen LogP contribution is 2.24. The molecule has 0 amide bonds. The first kappa shape index (κ1) is 14.6. The van der Waals surface area contributed by atoms with Crippen molar-refractivity contribution in [2.24, 2.45) is 0 Å². The summed E-state index contributed by atoms with van der Waals surface area (Å²) in [5.41, 5.74) is 0. The minimum absolute atomic E-state index is 0.297. The Balaban J connectivity index is 1.53. The smallest absolute Gasteiger partial charge is 0.250 e. The average Bonchev–Trinajstić information content (AvgIpc) is 2.93. The molecule has 0 aliphatic heterocycles. The van der Waals surface area contributed by atoms with Crippen molar-refractivity contribution in [3.63, 3.8) is 0 Å². The lowest BCUT2D eigenvalue weighted by Gasteiger charge is -2.03. The van der Waals surface area contributed by atoms with E-state index >= 15 is 0 Å². The average molecular weight is 327 g/mol. The molecule has 1 aliphatic rings. The van der Waals surface area contributed by atoms with Crippen LogP contribution in [-0.2, 0) is 23.0 Å². The lowest BCUT2D eigenvalue weighted by atomic mass is 10.4. The van der Waals surface area contributed by atoms with Crippen LogP contribution >= 0.6 is 11.3 Å². The van der Waals surface area contributed by atoms with E-state index < -0.39 is 10.0 Å². The van der Waals surface area contributed by atoms with E-state index in [2.05, 4.69) is 25.2 Å². The minimum atomic E-state index is -3.44. The van der Waals surface area contributed by atoms with Gasteiger partial charge in [-0.15, -0.1) is 11.3 Å². The van der Waals surface area contributed by atoms with Crippen LogP contribution in [0.25, 0.3) is 0 Å². The fraction of sp³-hybridized carbons (Fsp3) is 0.500. The monoisotopic (exact) mass is 327 g/mol. The summed E-state index contributed by atoms with van der Waals surface area (Å²) in [4.78, 5) is 4.99. The first-order valence-electron chi connectivity index (χ1n) is 6.79. The summed E-state index contributed by atoms with van der Waals surface area (Å²) in [7, 11) is -3.44. The Bertz CT molecular complexity index is 676. The minimum Gasteiger partial charge on any atom is -0.309 e. The van der Waals surface area contributed by atoms with Gasteiger partial charge < -0.3 is 5.32 Å². The van der Waals surface area contributed by atoms with E-state index in [1.54, 1.807) is 6.07 Å². The topological polar surface area (TPSA) is 99.8 Å². The zero-order valence-corrected chi connectivity index (χ0v) is 13.0. The molecule has 2 heterocycles. The summed E-state index contributed by atoms with van der Waals surface area (Å²) >= 11 is 1.31. The number of hydrogen-bond acceptors (Lipinski definition) is 6. The zero-order chi connectivity index (χ0) is 14.7. The second-order valence-corrected chi connectivity index (χ2v) is 8.12. The number of aromatic amines is 1. The molecule has 0 aromatic carbocycles. The Morgan fingerprint density at radius 1 is 1.38 bits per heavy atom. The normalized spacial score (nSPS) is 15.4. The molecule has 0 spiro atoms. The van der Waals surface area contributed by atoms with Crippen LogP contribution in [0.3, 0.4) is 0 Å². The van der Waals surface area contributed by atoms with Crippen molar-refractivity contribution in [2.45, 2.75) is 36.1 Å². The standard InChI is InChI=1S/C12H17N5O2S2/c18-21(19,16-6-5-11-14-8-15-17-11)12-4-3-10(20-12)7-13-9-1-2-9/h3-4,8-9,13,16H,1-2,5-7H2,(H,14,15,17).